The lowest BCUT2D eigenvalue weighted by Crippen LogP contribution is -2.09. The van der Waals surface area contributed by atoms with E-state index < -0.39 is 17.6 Å². The van der Waals surface area contributed by atoms with Crippen molar-refractivity contribution < 1.29 is 22.3 Å². The summed E-state index contributed by atoms with van der Waals surface area (Å²) in [6, 6.07) is 7.90. The Morgan fingerprint density at radius 3 is 2.45 bits per heavy atom. The lowest BCUT2D eigenvalue weighted by molar-refractivity contribution is -0.140. The predicted octanol–water partition coefficient (Wildman–Crippen LogP) is 4.57. The quantitative estimate of drug-likeness (QED) is 0.663. The van der Waals surface area contributed by atoms with Gasteiger partial charge in [-0.15, -0.1) is 0 Å². The molecule has 0 saturated carbocycles. The maximum atomic E-state index is 13.2. The maximum absolute atomic E-state index is 13.2. The number of halogens is 4. The molecule has 0 radical (unpaired) electrons. The molecule has 0 unspecified atom stereocenters. The molecule has 2 aromatic carbocycles. The Morgan fingerprint density at radius 2 is 1.82 bits per heavy atom. The van der Waals surface area contributed by atoms with Crippen LogP contribution in [-0.2, 0) is 19.2 Å². The largest absolute Gasteiger partial charge is 0.489 e. The average molecular weight is 313 g/mol. The zero-order valence-electron chi connectivity index (χ0n) is 11.9. The van der Waals surface area contributed by atoms with Crippen molar-refractivity contribution in [3.05, 3.63) is 58.9 Å². The van der Waals surface area contributed by atoms with Crippen LogP contribution in [0.15, 0.2) is 36.4 Å². The Labute approximate surface area is 125 Å². The van der Waals surface area contributed by atoms with Crippen LogP contribution in [0.5, 0.6) is 5.75 Å². The van der Waals surface area contributed by atoms with Crippen molar-refractivity contribution in [1.82, 2.24) is 0 Å². The lowest BCUT2D eigenvalue weighted by Gasteiger charge is -2.13. The van der Waals surface area contributed by atoms with E-state index in [4.69, 9.17) is 10.5 Å². The van der Waals surface area contributed by atoms with Gasteiger partial charge in [0.05, 0.1) is 5.56 Å². The molecule has 0 saturated heterocycles. The predicted molar refractivity (Wildman–Crippen MR) is 76.0 cm³/mol. The number of alkyl halides is 3. The van der Waals surface area contributed by atoms with E-state index in [-0.39, 0.29) is 12.2 Å². The Hall–Kier alpha value is -2.24. The van der Waals surface area contributed by atoms with E-state index in [0.717, 1.165) is 17.7 Å². The molecule has 0 heterocycles. The molecule has 0 aliphatic carbocycles. The first-order chi connectivity index (χ1) is 10.3. The molecule has 2 nitrogen and oxygen atoms in total. The third-order valence-corrected chi connectivity index (χ3v) is 3.20. The maximum Gasteiger partial charge on any atom is 0.419 e. The van der Waals surface area contributed by atoms with Gasteiger partial charge >= 0.3 is 6.18 Å². The van der Waals surface area contributed by atoms with Crippen LogP contribution in [-0.4, -0.2) is 0 Å². The van der Waals surface area contributed by atoms with Gasteiger partial charge in [0.25, 0.3) is 0 Å². The van der Waals surface area contributed by atoms with Crippen molar-refractivity contribution in [2.24, 2.45) is 0 Å². The summed E-state index contributed by atoms with van der Waals surface area (Å²) in [5.74, 6) is -0.743. The number of hydrogen-bond acceptors (Lipinski definition) is 2. The van der Waals surface area contributed by atoms with Crippen LogP contribution in [0, 0.1) is 5.82 Å². The summed E-state index contributed by atoms with van der Waals surface area (Å²) in [6.07, 6.45) is -4.05. The minimum atomic E-state index is -4.73. The molecule has 0 fully saturated rings. The van der Waals surface area contributed by atoms with Crippen LogP contribution in [0.2, 0.25) is 0 Å². The Balaban J connectivity index is 2.19. The van der Waals surface area contributed by atoms with E-state index in [0.29, 0.717) is 17.9 Å². The highest BCUT2D eigenvalue weighted by Crippen LogP contribution is 2.32. The van der Waals surface area contributed by atoms with Gasteiger partial charge in [-0.2, -0.15) is 13.2 Å². The van der Waals surface area contributed by atoms with Crippen LogP contribution in [0.1, 0.15) is 23.6 Å². The van der Waals surface area contributed by atoms with Gasteiger partial charge in [-0.3, -0.25) is 0 Å². The summed E-state index contributed by atoms with van der Waals surface area (Å²) in [7, 11) is 0. The summed E-state index contributed by atoms with van der Waals surface area (Å²) in [5.41, 5.74) is 6.07. The van der Waals surface area contributed by atoms with E-state index in [1.165, 1.54) is 6.07 Å². The molecular weight excluding hydrogens is 298 g/mol. The summed E-state index contributed by atoms with van der Waals surface area (Å²) in [5, 5.41) is 0. The molecule has 0 spiro atoms. The van der Waals surface area contributed by atoms with E-state index in [1.807, 2.05) is 6.92 Å². The zero-order chi connectivity index (χ0) is 16.3. The average Bonchev–Trinajstić information content (AvgIpc) is 2.46. The highest BCUT2D eigenvalue weighted by atomic mass is 19.4. The number of rotatable bonds is 4. The first-order valence-corrected chi connectivity index (χ1v) is 6.68. The molecule has 118 valence electrons. The summed E-state index contributed by atoms with van der Waals surface area (Å²) in [6.45, 7) is 1.83. The third kappa shape index (κ3) is 3.69. The van der Waals surface area contributed by atoms with Crippen LogP contribution in [0.25, 0.3) is 0 Å². The fraction of sp³-hybridized carbons (Fsp3) is 0.250. The second-order valence-electron chi connectivity index (χ2n) is 4.82. The minimum Gasteiger partial charge on any atom is -0.489 e. The van der Waals surface area contributed by atoms with Gasteiger partial charge in [0, 0.05) is 5.69 Å². The molecule has 2 aromatic rings. The molecule has 2 N–H and O–H groups in total. The summed E-state index contributed by atoms with van der Waals surface area (Å²) < 4.78 is 56.7. The smallest absolute Gasteiger partial charge is 0.419 e. The number of benzene rings is 2. The van der Waals surface area contributed by atoms with E-state index in [2.05, 4.69) is 0 Å². The van der Waals surface area contributed by atoms with Crippen molar-refractivity contribution in [2.75, 3.05) is 5.73 Å². The van der Waals surface area contributed by atoms with E-state index >= 15 is 0 Å². The first-order valence-electron chi connectivity index (χ1n) is 6.68. The minimum absolute atomic E-state index is 0.0831. The second-order valence-corrected chi connectivity index (χ2v) is 4.82. The molecule has 0 bridgehead atoms. The fourth-order valence-electron chi connectivity index (χ4n) is 2.06. The van der Waals surface area contributed by atoms with E-state index in [9.17, 15) is 17.6 Å². The molecule has 0 atom stereocenters. The standard InChI is InChI=1S/C16H15F4NO/c1-2-11-8-12(21)4-6-15(11)22-9-10-3-5-14(17)13(7-10)16(18,19)20/h3-8H,2,9,21H2,1H3. The number of ether oxygens (including phenoxy) is 1. The Morgan fingerprint density at radius 1 is 1.09 bits per heavy atom. The molecule has 6 heteroatoms. The molecule has 2 rings (SSSR count). The normalized spacial score (nSPS) is 11.5. The van der Waals surface area contributed by atoms with Gasteiger partial charge in [-0.05, 0) is 47.9 Å². The van der Waals surface area contributed by atoms with E-state index in [1.54, 1.807) is 18.2 Å². The van der Waals surface area contributed by atoms with Gasteiger partial charge in [0.1, 0.15) is 18.2 Å². The second kappa shape index (κ2) is 6.25. The molecule has 22 heavy (non-hydrogen) atoms. The number of nitrogens with two attached hydrogens (primary N) is 1. The Bertz CT molecular complexity index is 668. The van der Waals surface area contributed by atoms with Crippen molar-refractivity contribution >= 4 is 5.69 Å². The fourth-order valence-corrected chi connectivity index (χ4v) is 2.06. The van der Waals surface area contributed by atoms with Gasteiger partial charge in [0.15, 0.2) is 0 Å². The zero-order valence-corrected chi connectivity index (χ0v) is 11.9. The van der Waals surface area contributed by atoms with Gasteiger partial charge in [-0.1, -0.05) is 13.0 Å². The monoisotopic (exact) mass is 313 g/mol. The highest BCUT2D eigenvalue weighted by molar-refractivity contribution is 5.48. The highest BCUT2D eigenvalue weighted by Gasteiger charge is 2.34. The van der Waals surface area contributed by atoms with Crippen LogP contribution >= 0.6 is 0 Å². The van der Waals surface area contributed by atoms with Crippen molar-refractivity contribution in [3.8, 4) is 5.75 Å². The van der Waals surface area contributed by atoms with Crippen molar-refractivity contribution in [3.63, 3.8) is 0 Å². The number of aryl methyl sites for hydroxylation is 1. The van der Waals surface area contributed by atoms with Crippen molar-refractivity contribution in [1.29, 1.82) is 0 Å². The van der Waals surface area contributed by atoms with Crippen LogP contribution in [0.4, 0.5) is 23.2 Å². The molecule has 0 aromatic heterocycles. The number of anilines is 1. The summed E-state index contributed by atoms with van der Waals surface area (Å²) >= 11 is 0. The molecule has 0 aliphatic rings. The Kier molecular flexibility index (Phi) is 4.59. The van der Waals surface area contributed by atoms with Crippen molar-refractivity contribution in [2.45, 2.75) is 26.1 Å². The number of nitrogen functional groups attached to an aromatic ring is 1. The molecule has 0 amide bonds. The number of hydrogen-bond donors (Lipinski definition) is 1. The molecule has 0 aliphatic heterocycles. The lowest BCUT2D eigenvalue weighted by atomic mass is 10.1. The third-order valence-electron chi connectivity index (χ3n) is 3.20. The van der Waals surface area contributed by atoms with Crippen LogP contribution in [0.3, 0.4) is 0 Å². The van der Waals surface area contributed by atoms with Gasteiger partial charge in [-0.25, -0.2) is 4.39 Å². The summed E-state index contributed by atoms with van der Waals surface area (Å²) in [4.78, 5) is 0. The van der Waals surface area contributed by atoms with Gasteiger partial charge < -0.3 is 10.5 Å². The van der Waals surface area contributed by atoms with Gasteiger partial charge in [0.2, 0.25) is 0 Å². The topological polar surface area (TPSA) is 35.2 Å². The van der Waals surface area contributed by atoms with Crippen LogP contribution < -0.4 is 10.5 Å². The SMILES string of the molecule is CCc1cc(N)ccc1OCc1ccc(F)c(C(F)(F)F)c1. The molecular formula is C16H15F4NO. The first kappa shape index (κ1) is 16.1.